The summed E-state index contributed by atoms with van der Waals surface area (Å²) in [5.74, 6) is 6.06. The zero-order valence-electron chi connectivity index (χ0n) is 8.32. The molecule has 0 amide bonds. The fourth-order valence-electron chi connectivity index (χ4n) is 1.68. The van der Waals surface area contributed by atoms with E-state index in [1.807, 2.05) is 0 Å². The van der Waals surface area contributed by atoms with Crippen molar-refractivity contribution in [2.75, 3.05) is 23.0 Å². The van der Waals surface area contributed by atoms with Crippen molar-refractivity contribution in [3.63, 3.8) is 0 Å². The molecular formula is C12H16S2. The Kier molecular flexibility index (Phi) is 4.26. The lowest BCUT2D eigenvalue weighted by molar-refractivity contribution is 0.886. The summed E-state index contributed by atoms with van der Waals surface area (Å²) >= 11 is 4.24. The van der Waals surface area contributed by atoms with E-state index < -0.39 is 0 Å². The first-order valence-corrected chi connectivity index (χ1v) is 7.48. The van der Waals surface area contributed by atoms with Crippen LogP contribution in [0.1, 0.15) is 17.9 Å². The molecule has 0 bridgehead atoms. The Morgan fingerprint density at radius 1 is 0.929 bits per heavy atom. The van der Waals surface area contributed by atoms with Crippen LogP contribution in [0.3, 0.4) is 0 Å². The summed E-state index contributed by atoms with van der Waals surface area (Å²) in [6, 6.07) is 11.0. The number of thioether (sulfide) groups is 2. The molecule has 1 fully saturated rings. The molecule has 1 aromatic rings. The monoisotopic (exact) mass is 224 g/mol. The van der Waals surface area contributed by atoms with E-state index in [9.17, 15) is 0 Å². The van der Waals surface area contributed by atoms with Crippen LogP contribution in [-0.2, 0) is 0 Å². The third-order valence-corrected chi connectivity index (χ3v) is 4.92. The fourth-order valence-corrected chi connectivity index (χ4v) is 4.23. The highest BCUT2D eigenvalue weighted by atomic mass is 32.2. The molecular weight excluding hydrogens is 208 g/mol. The van der Waals surface area contributed by atoms with Gasteiger partial charge in [-0.05, 0) is 23.5 Å². The molecule has 1 aliphatic heterocycles. The van der Waals surface area contributed by atoms with Crippen molar-refractivity contribution in [2.24, 2.45) is 0 Å². The quantitative estimate of drug-likeness (QED) is 0.714. The number of hydrogen-bond donors (Lipinski definition) is 0. The summed E-state index contributed by atoms with van der Waals surface area (Å²) < 4.78 is 0. The summed E-state index contributed by atoms with van der Waals surface area (Å²) in [7, 11) is 0. The van der Waals surface area contributed by atoms with Gasteiger partial charge in [0, 0.05) is 17.4 Å². The van der Waals surface area contributed by atoms with Gasteiger partial charge in [-0.25, -0.2) is 0 Å². The highest BCUT2D eigenvalue weighted by Gasteiger charge is 2.13. The smallest absolute Gasteiger partial charge is 0.00197 e. The maximum atomic E-state index is 2.27. The molecule has 0 saturated carbocycles. The number of hydrogen-bond acceptors (Lipinski definition) is 2. The van der Waals surface area contributed by atoms with Gasteiger partial charge in [0.25, 0.3) is 0 Å². The van der Waals surface area contributed by atoms with Gasteiger partial charge in [0.1, 0.15) is 0 Å². The molecule has 0 radical (unpaired) electrons. The fraction of sp³-hybridized carbons (Fsp3) is 0.500. The Balaban J connectivity index is 2.01. The normalized spacial score (nSPS) is 20.0. The molecule has 0 aromatic heterocycles. The van der Waals surface area contributed by atoms with Gasteiger partial charge in [0.05, 0.1) is 0 Å². The maximum absolute atomic E-state index is 2.27. The maximum Gasteiger partial charge on any atom is 0.00197 e. The average molecular weight is 224 g/mol. The van der Waals surface area contributed by atoms with Crippen LogP contribution in [0.4, 0.5) is 0 Å². The summed E-state index contributed by atoms with van der Waals surface area (Å²) in [5, 5.41) is 0. The lowest BCUT2D eigenvalue weighted by Gasteiger charge is -2.19. The molecule has 1 aliphatic rings. The van der Waals surface area contributed by atoms with Gasteiger partial charge < -0.3 is 0 Å². The Morgan fingerprint density at radius 2 is 1.57 bits per heavy atom. The second-order valence-electron chi connectivity index (χ2n) is 3.61. The van der Waals surface area contributed by atoms with E-state index in [0.717, 1.165) is 5.92 Å². The van der Waals surface area contributed by atoms with Gasteiger partial charge in [-0.2, -0.15) is 23.5 Å². The van der Waals surface area contributed by atoms with E-state index in [4.69, 9.17) is 0 Å². The molecule has 0 spiro atoms. The van der Waals surface area contributed by atoms with Crippen molar-refractivity contribution in [3.8, 4) is 0 Å². The lowest BCUT2D eigenvalue weighted by atomic mass is 10.0. The molecule has 0 aliphatic carbocycles. The minimum Gasteiger partial charge on any atom is -0.161 e. The molecule has 1 heterocycles. The van der Waals surface area contributed by atoms with E-state index >= 15 is 0 Å². The van der Waals surface area contributed by atoms with Crippen molar-refractivity contribution >= 4 is 23.5 Å². The van der Waals surface area contributed by atoms with E-state index in [0.29, 0.717) is 0 Å². The van der Waals surface area contributed by atoms with Gasteiger partial charge >= 0.3 is 0 Å². The van der Waals surface area contributed by atoms with Gasteiger partial charge in [-0.3, -0.25) is 0 Å². The second kappa shape index (κ2) is 5.72. The third kappa shape index (κ3) is 2.96. The first-order chi connectivity index (χ1) is 6.97. The van der Waals surface area contributed by atoms with Crippen LogP contribution in [0.25, 0.3) is 0 Å². The predicted molar refractivity (Wildman–Crippen MR) is 68.5 cm³/mol. The zero-order chi connectivity index (χ0) is 9.64. The SMILES string of the molecule is c1ccc(C2CSCCCSC2)cc1. The van der Waals surface area contributed by atoms with Crippen LogP contribution in [0.15, 0.2) is 30.3 Å². The molecule has 0 N–H and O–H groups in total. The Labute approximate surface area is 94.9 Å². The van der Waals surface area contributed by atoms with E-state index in [1.165, 1.54) is 35.0 Å². The highest BCUT2D eigenvalue weighted by molar-refractivity contribution is 8.00. The van der Waals surface area contributed by atoms with Gasteiger partial charge in [0.15, 0.2) is 0 Å². The van der Waals surface area contributed by atoms with Crippen molar-refractivity contribution in [1.82, 2.24) is 0 Å². The second-order valence-corrected chi connectivity index (χ2v) is 5.91. The first-order valence-electron chi connectivity index (χ1n) is 5.17. The van der Waals surface area contributed by atoms with E-state index in [-0.39, 0.29) is 0 Å². The van der Waals surface area contributed by atoms with Crippen LogP contribution in [0.5, 0.6) is 0 Å². The molecule has 2 rings (SSSR count). The molecule has 0 atom stereocenters. The Morgan fingerprint density at radius 3 is 2.21 bits per heavy atom. The third-order valence-electron chi connectivity index (χ3n) is 2.49. The Hall–Kier alpha value is -0.0800. The number of rotatable bonds is 1. The van der Waals surface area contributed by atoms with Crippen molar-refractivity contribution in [3.05, 3.63) is 35.9 Å². The zero-order valence-corrected chi connectivity index (χ0v) is 9.95. The van der Waals surface area contributed by atoms with E-state index in [1.54, 1.807) is 0 Å². The van der Waals surface area contributed by atoms with Gasteiger partial charge in [-0.15, -0.1) is 0 Å². The number of benzene rings is 1. The molecule has 2 heteroatoms. The van der Waals surface area contributed by atoms with Crippen LogP contribution in [0, 0.1) is 0 Å². The minimum absolute atomic E-state index is 0.770. The van der Waals surface area contributed by atoms with Crippen LogP contribution >= 0.6 is 23.5 Å². The van der Waals surface area contributed by atoms with E-state index in [2.05, 4.69) is 53.9 Å². The molecule has 1 aromatic carbocycles. The molecule has 0 nitrogen and oxygen atoms in total. The van der Waals surface area contributed by atoms with Crippen molar-refractivity contribution in [1.29, 1.82) is 0 Å². The van der Waals surface area contributed by atoms with Crippen LogP contribution in [0.2, 0.25) is 0 Å². The van der Waals surface area contributed by atoms with Gasteiger partial charge in [0.2, 0.25) is 0 Å². The van der Waals surface area contributed by atoms with Crippen LogP contribution in [-0.4, -0.2) is 23.0 Å². The van der Waals surface area contributed by atoms with Crippen molar-refractivity contribution in [2.45, 2.75) is 12.3 Å². The largest absolute Gasteiger partial charge is 0.161 e. The summed E-state index contributed by atoms with van der Waals surface area (Å²) in [5.41, 5.74) is 1.52. The molecule has 76 valence electrons. The first kappa shape index (κ1) is 10.4. The van der Waals surface area contributed by atoms with Crippen LogP contribution < -0.4 is 0 Å². The molecule has 0 unspecified atom stereocenters. The lowest BCUT2D eigenvalue weighted by Crippen LogP contribution is -2.08. The molecule has 1 saturated heterocycles. The minimum atomic E-state index is 0.770. The average Bonchev–Trinajstić information content (AvgIpc) is 2.18. The topological polar surface area (TPSA) is 0 Å². The summed E-state index contributed by atoms with van der Waals surface area (Å²) in [6.07, 6.45) is 1.39. The van der Waals surface area contributed by atoms with Gasteiger partial charge in [-0.1, -0.05) is 30.3 Å². The highest BCUT2D eigenvalue weighted by Crippen LogP contribution is 2.28. The summed E-state index contributed by atoms with van der Waals surface area (Å²) in [4.78, 5) is 0. The predicted octanol–water partition coefficient (Wildman–Crippen LogP) is 3.64. The molecule has 14 heavy (non-hydrogen) atoms. The Bertz CT molecular complexity index is 250. The standard InChI is InChI=1S/C12H16S2/c1-2-5-11(6-3-1)12-9-13-7-4-8-14-10-12/h1-3,5-6,12H,4,7-10H2. The van der Waals surface area contributed by atoms with Crippen molar-refractivity contribution < 1.29 is 0 Å². The summed E-state index contributed by atoms with van der Waals surface area (Å²) in [6.45, 7) is 0.